The van der Waals surface area contributed by atoms with Crippen LogP contribution in [0.2, 0.25) is 0 Å². The standard InChI is InChI=1S/C39H62N2O/c1-8-12-15-19-34(11-4)30-41(29-33(10-3)18-13-9-2)39(42)38(27-35-20-16-14-17-21-35)40-28-32(7)26-36-22-24-37(25-23-36)31(5)6/h14,16-17,20-25,28,31-34,38H,8-13,15,18-19,26-27,29-30H2,1-7H3. The van der Waals surface area contributed by atoms with E-state index in [4.69, 9.17) is 4.99 Å². The minimum Gasteiger partial charge on any atom is -0.340 e. The van der Waals surface area contributed by atoms with E-state index in [1.807, 2.05) is 6.07 Å². The average molecular weight is 575 g/mol. The Kier molecular flexibility index (Phi) is 17.4. The summed E-state index contributed by atoms with van der Waals surface area (Å²) in [5.74, 6) is 2.13. The number of hydrogen-bond acceptors (Lipinski definition) is 2. The lowest BCUT2D eigenvalue weighted by molar-refractivity contribution is -0.134. The highest BCUT2D eigenvalue weighted by Crippen LogP contribution is 2.22. The molecule has 2 aromatic carbocycles. The molecule has 0 fully saturated rings. The zero-order valence-corrected chi connectivity index (χ0v) is 28.2. The van der Waals surface area contributed by atoms with Crippen LogP contribution in [0, 0.1) is 17.8 Å². The Hall–Kier alpha value is -2.42. The summed E-state index contributed by atoms with van der Waals surface area (Å²) in [6, 6.07) is 19.1. The van der Waals surface area contributed by atoms with E-state index in [-0.39, 0.29) is 17.9 Å². The SMILES string of the molecule is CCCCCC(CC)CN(CC(CC)CCCC)C(=O)C(Cc1ccccc1)N=CC(C)Cc1ccc(C(C)C)cc1. The average Bonchev–Trinajstić information content (AvgIpc) is 3.00. The molecule has 3 heteroatoms. The molecule has 0 aliphatic rings. The molecule has 0 saturated heterocycles. The fourth-order valence-electron chi connectivity index (χ4n) is 5.87. The van der Waals surface area contributed by atoms with Crippen LogP contribution < -0.4 is 0 Å². The molecule has 2 aromatic rings. The van der Waals surface area contributed by atoms with Gasteiger partial charge in [-0.25, -0.2) is 0 Å². The van der Waals surface area contributed by atoms with Crippen molar-refractivity contribution in [3.63, 3.8) is 0 Å². The molecule has 0 N–H and O–H groups in total. The molecular formula is C39H62N2O. The second-order valence-corrected chi connectivity index (χ2v) is 13.0. The number of carbonyl (C=O) groups excluding carboxylic acids is 1. The van der Waals surface area contributed by atoms with Crippen molar-refractivity contribution in [2.45, 2.75) is 131 Å². The van der Waals surface area contributed by atoms with E-state index in [2.05, 4.69) is 108 Å². The van der Waals surface area contributed by atoms with Crippen LogP contribution in [-0.2, 0) is 17.6 Å². The maximum Gasteiger partial charge on any atom is 0.247 e. The van der Waals surface area contributed by atoms with E-state index < -0.39 is 0 Å². The molecular weight excluding hydrogens is 512 g/mol. The molecule has 4 atom stereocenters. The van der Waals surface area contributed by atoms with Gasteiger partial charge in [0.2, 0.25) is 5.91 Å². The Bertz CT molecular complexity index is 997. The quantitative estimate of drug-likeness (QED) is 0.108. The van der Waals surface area contributed by atoms with Crippen molar-refractivity contribution >= 4 is 12.1 Å². The van der Waals surface area contributed by atoms with Gasteiger partial charge >= 0.3 is 0 Å². The van der Waals surface area contributed by atoms with Crippen molar-refractivity contribution < 1.29 is 4.79 Å². The van der Waals surface area contributed by atoms with E-state index >= 15 is 0 Å². The summed E-state index contributed by atoms with van der Waals surface area (Å²) in [5.41, 5.74) is 3.88. The van der Waals surface area contributed by atoms with Gasteiger partial charge in [-0.2, -0.15) is 0 Å². The lowest BCUT2D eigenvalue weighted by atomic mass is 9.94. The van der Waals surface area contributed by atoms with Crippen molar-refractivity contribution in [1.29, 1.82) is 0 Å². The third kappa shape index (κ3) is 13.3. The zero-order valence-electron chi connectivity index (χ0n) is 28.2. The highest BCUT2D eigenvalue weighted by Gasteiger charge is 2.27. The van der Waals surface area contributed by atoms with Gasteiger partial charge in [0.25, 0.3) is 0 Å². The number of rotatable bonds is 21. The summed E-state index contributed by atoms with van der Waals surface area (Å²) >= 11 is 0. The Morgan fingerprint density at radius 3 is 1.86 bits per heavy atom. The van der Waals surface area contributed by atoms with Gasteiger partial charge in [-0.3, -0.25) is 9.79 Å². The summed E-state index contributed by atoms with van der Waals surface area (Å²) in [4.78, 5) is 21.7. The Morgan fingerprint density at radius 2 is 1.31 bits per heavy atom. The van der Waals surface area contributed by atoms with Gasteiger partial charge in [-0.15, -0.1) is 0 Å². The number of unbranched alkanes of at least 4 members (excludes halogenated alkanes) is 3. The third-order valence-electron chi connectivity index (χ3n) is 8.89. The van der Waals surface area contributed by atoms with Gasteiger partial charge < -0.3 is 4.90 Å². The van der Waals surface area contributed by atoms with E-state index in [9.17, 15) is 4.79 Å². The predicted molar refractivity (Wildman–Crippen MR) is 184 cm³/mol. The first kappa shape index (κ1) is 35.8. The number of hydrogen-bond donors (Lipinski definition) is 0. The maximum atomic E-state index is 14.4. The van der Waals surface area contributed by atoms with Crippen molar-refractivity contribution in [2.24, 2.45) is 22.7 Å². The van der Waals surface area contributed by atoms with Crippen LogP contribution in [-0.4, -0.2) is 36.2 Å². The summed E-state index contributed by atoms with van der Waals surface area (Å²) in [6.07, 6.45) is 14.5. The first-order chi connectivity index (χ1) is 20.3. The fourth-order valence-corrected chi connectivity index (χ4v) is 5.87. The Balaban J connectivity index is 2.29. The molecule has 42 heavy (non-hydrogen) atoms. The molecule has 0 aromatic heterocycles. The van der Waals surface area contributed by atoms with Gasteiger partial charge in [0, 0.05) is 25.7 Å². The van der Waals surface area contributed by atoms with Crippen LogP contribution >= 0.6 is 0 Å². The fraction of sp³-hybridized carbons (Fsp3) is 0.641. The molecule has 0 radical (unpaired) electrons. The van der Waals surface area contributed by atoms with Crippen molar-refractivity contribution in [1.82, 2.24) is 4.90 Å². The van der Waals surface area contributed by atoms with Crippen molar-refractivity contribution in [3.05, 3.63) is 71.3 Å². The van der Waals surface area contributed by atoms with Gasteiger partial charge in [0.15, 0.2) is 0 Å². The molecule has 0 bridgehead atoms. The highest BCUT2D eigenvalue weighted by molar-refractivity contribution is 5.84. The minimum atomic E-state index is -0.380. The number of nitrogens with zero attached hydrogens (tertiary/aromatic N) is 2. The summed E-state index contributed by atoms with van der Waals surface area (Å²) in [6.45, 7) is 17.5. The number of aliphatic imine (C=N–C) groups is 1. The van der Waals surface area contributed by atoms with Crippen molar-refractivity contribution in [3.8, 4) is 0 Å². The first-order valence-electron chi connectivity index (χ1n) is 17.3. The normalized spacial score (nSPS) is 14.7. The van der Waals surface area contributed by atoms with E-state index in [1.54, 1.807) is 0 Å². The van der Waals surface area contributed by atoms with Gasteiger partial charge in [-0.05, 0) is 59.6 Å². The molecule has 1 amide bonds. The van der Waals surface area contributed by atoms with E-state index in [1.165, 1.54) is 61.6 Å². The summed E-state index contributed by atoms with van der Waals surface area (Å²) < 4.78 is 0. The van der Waals surface area contributed by atoms with Gasteiger partial charge in [0.05, 0.1) is 0 Å². The highest BCUT2D eigenvalue weighted by atomic mass is 16.2. The number of benzene rings is 2. The molecule has 0 spiro atoms. The molecule has 0 heterocycles. The topological polar surface area (TPSA) is 32.7 Å². The number of amides is 1. The summed E-state index contributed by atoms with van der Waals surface area (Å²) in [5, 5.41) is 0. The predicted octanol–water partition coefficient (Wildman–Crippen LogP) is 10.3. The molecule has 2 rings (SSSR count). The van der Waals surface area contributed by atoms with Crippen LogP contribution in [0.1, 0.15) is 129 Å². The Morgan fingerprint density at radius 1 is 0.738 bits per heavy atom. The van der Waals surface area contributed by atoms with Crippen LogP contribution in [0.15, 0.2) is 59.6 Å². The zero-order chi connectivity index (χ0) is 30.7. The monoisotopic (exact) mass is 574 g/mol. The molecule has 234 valence electrons. The van der Waals surface area contributed by atoms with Crippen LogP contribution in [0.5, 0.6) is 0 Å². The smallest absolute Gasteiger partial charge is 0.247 e. The molecule has 3 nitrogen and oxygen atoms in total. The maximum absolute atomic E-state index is 14.4. The second-order valence-electron chi connectivity index (χ2n) is 13.0. The molecule has 0 saturated carbocycles. The minimum absolute atomic E-state index is 0.215. The van der Waals surface area contributed by atoms with Crippen molar-refractivity contribution in [2.75, 3.05) is 13.1 Å². The summed E-state index contributed by atoms with van der Waals surface area (Å²) in [7, 11) is 0. The first-order valence-corrected chi connectivity index (χ1v) is 17.3. The largest absolute Gasteiger partial charge is 0.340 e. The van der Waals surface area contributed by atoms with Crippen LogP contribution in [0.25, 0.3) is 0 Å². The molecule has 0 aliphatic carbocycles. The lowest BCUT2D eigenvalue weighted by Crippen LogP contribution is -2.44. The second kappa shape index (κ2) is 20.5. The molecule has 4 unspecified atom stereocenters. The lowest BCUT2D eigenvalue weighted by Gasteiger charge is -2.32. The molecule has 0 aliphatic heterocycles. The number of carbonyl (C=O) groups is 1. The van der Waals surface area contributed by atoms with Crippen LogP contribution in [0.4, 0.5) is 0 Å². The Labute approximate surface area is 259 Å². The van der Waals surface area contributed by atoms with Gasteiger partial charge in [-0.1, -0.05) is 148 Å². The van der Waals surface area contributed by atoms with E-state index in [0.29, 0.717) is 24.2 Å². The third-order valence-corrected chi connectivity index (χ3v) is 8.89. The van der Waals surface area contributed by atoms with Crippen LogP contribution in [0.3, 0.4) is 0 Å². The van der Waals surface area contributed by atoms with Gasteiger partial charge in [0.1, 0.15) is 6.04 Å². The van der Waals surface area contributed by atoms with E-state index in [0.717, 1.165) is 32.4 Å².